The molecule has 4 heteroatoms. The lowest BCUT2D eigenvalue weighted by Crippen LogP contribution is -2.21. The second kappa shape index (κ2) is 6.26. The van der Waals surface area contributed by atoms with Gasteiger partial charge in [0.1, 0.15) is 0 Å². The second-order valence-corrected chi connectivity index (χ2v) is 5.85. The fourth-order valence-electron chi connectivity index (χ4n) is 2.81. The van der Waals surface area contributed by atoms with Crippen LogP contribution in [0.15, 0.2) is 30.3 Å². The standard InChI is InChI=1S/C18H22N4/c1-4-16(20-18-19-12(2)13(3)21-22-18)11-15-10-9-14-7-5-6-8-17(14)15/h5-8,10,16H,4,9,11H2,1-3H3,(H,19,20,22)/t16-/m1/s1. The number of nitrogens with zero attached hydrogens (tertiary/aromatic N) is 3. The first-order chi connectivity index (χ1) is 10.7. The molecule has 1 atom stereocenters. The predicted octanol–water partition coefficient (Wildman–Crippen LogP) is 3.71. The zero-order chi connectivity index (χ0) is 15.5. The van der Waals surface area contributed by atoms with E-state index in [1.807, 2.05) is 13.8 Å². The van der Waals surface area contributed by atoms with Crippen molar-refractivity contribution >= 4 is 11.5 Å². The summed E-state index contributed by atoms with van der Waals surface area (Å²) in [6.45, 7) is 6.08. The predicted molar refractivity (Wildman–Crippen MR) is 89.7 cm³/mol. The summed E-state index contributed by atoms with van der Waals surface area (Å²) in [5, 5.41) is 11.7. The molecule has 0 saturated carbocycles. The summed E-state index contributed by atoms with van der Waals surface area (Å²) in [6.07, 6.45) is 5.40. The van der Waals surface area contributed by atoms with E-state index in [9.17, 15) is 0 Å². The van der Waals surface area contributed by atoms with E-state index >= 15 is 0 Å². The summed E-state index contributed by atoms with van der Waals surface area (Å²) < 4.78 is 0. The summed E-state index contributed by atoms with van der Waals surface area (Å²) in [6, 6.07) is 8.97. The zero-order valence-electron chi connectivity index (χ0n) is 13.4. The van der Waals surface area contributed by atoms with Gasteiger partial charge in [-0.15, -0.1) is 5.10 Å². The minimum absolute atomic E-state index is 0.321. The van der Waals surface area contributed by atoms with Crippen LogP contribution in [-0.4, -0.2) is 21.2 Å². The summed E-state index contributed by atoms with van der Waals surface area (Å²) in [7, 11) is 0. The molecule has 1 aromatic heterocycles. The lowest BCUT2D eigenvalue weighted by molar-refractivity contribution is 0.697. The van der Waals surface area contributed by atoms with Crippen molar-refractivity contribution in [2.45, 2.75) is 46.1 Å². The van der Waals surface area contributed by atoms with Crippen molar-refractivity contribution in [1.82, 2.24) is 15.2 Å². The van der Waals surface area contributed by atoms with Gasteiger partial charge in [0, 0.05) is 6.04 Å². The monoisotopic (exact) mass is 294 g/mol. The van der Waals surface area contributed by atoms with Gasteiger partial charge in [-0.05, 0) is 49.8 Å². The Morgan fingerprint density at radius 1 is 1.14 bits per heavy atom. The Balaban J connectivity index is 1.72. The molecule has 0 bridgehead atoms. The third kappa shape index (κ3) is 3.01. The number of fused-ring (bicyclic) bond motifs is 1. The van der Waals surface area contributed by atoms with Crippen LogP contribution >= 0.6 is 0 Å². The van der Waals surface area contributed by atoms with E-state index in [-0.39, 0.29) is 0 Å². The Labute approximate surface area is 131 Å². The molecule has 1 N–H and O–H groups in total. The van der Waals surface area contributed by atoms with Gasteiger partial charge in [0.25, 0.3) is 0 Å². The number of hydrogen-bond acceptors (Lipinski definition) is 4. The Kier molecular flexibility index (Phi) is 4.18. The van der Waals surface area contributed by atoms with Crippen molar-refractivity contribution in [3.63, 3.8) is 0 Å². The molecule has 0 amide bonds. The first kappa shape index (κ1) is 14.7. The van der Waals surface area contributed by atoms with Crippen LogP contribution in [0.1, 0.15) is 42.3 Å². The molecule has 0 unspecified atom stereocenters. The van der Waals surface area contributed by atoms with E-state index in [1.165, 1.54) is 16.7 Å². The third-order valence-corrected chi connectivity index (χ3v) is 4.32. The van der Waals surface area contributed by atoms with Gasteiger partial charge in [0.05, 0.1) is 11.4 Å². The molecule has 1 aliphatic carbocycles. The van der Waals surface area contributed by atoms with Gasteiger partial charge in [-0.2, -0.15) is 5.10 Å². The number of hydrogen-bond donors (Lipinski definition) is 1. The van der Waals surface area contributed by atoms with E-state index in [4.69, 9.17) is 0 Å². The minimum Gasteiger partial charge on any atom is -0.350 e. The molecule has 0 aliphatic heterocycles. The van der Waals surface area contributed by atoms with Crippen molar-refractivity contribution in [2.24, 2.45) is 0 Å². The molecule has 1 aromatic carbocycles. The fraction of sp³-hybridized carbons (Fsp3) is 0.389. The molecule has 0 fully saturated rings. The van der Waals surface area contributed by atoms with Crippen LogP contribution in [0, 0.1) is 13.8 Å². The highest BCUT2D eigenvalue weighted by molar-refractivity contribution is 5.73. The van der Waals surface area contributed by atoms with Crippen molar-refractivity contribution < 1.29 is 0 Å². The van der Waals surface area contributed by atoms with Gasteiger partial charge >= 0.3 is 0 Å². The lowest BCUT2D eigenvalue weighted by Gasteiger charge is -2.18. The minimum atomic E-state index is 0.321. The zero-order valence-corrected chi connectivity index (χ0v) is 13.4. The van der Waals surface area contributed by atoms with Gasteiger partial charge in [0.15, 0.2) is 0 Å². The quantitative estimate of drug-likeness (QED) is 0.913. The molecule has 114 valence electrons. The van der Waals surface area contributed by atoms with E-state index in [1.54, 1.807) is 0 Å². The lowest BCUT2D eigenvalue weighted by atomic mass is 9.98. The highest BCUT2D eigenvalue weighted by Gasteiger charge is 2.17. The number of nitrogens with one attached hydrogen (secondary N) is 1. The molecular weight excluding hydrogens is 272 g/mol. The molecule has 4 nitrogen and oxygen atoms in total. The molecular formula is C18H22N4. The van der Waals surface area contributed by atoms with Gasteiger partial charge in [-0.1, -0.05) is 37.3 Å². The number of rotatable bonds is 5. The Bertz CT molecular complexity index is 706. The fourth-order valence-corrected chi connectivity index (χ4v) is 2.81. The first-order valence-electron chi connectivity index (χ1n) is 7.89. The normalized spacial score (nSPS) is 14.4. The van der Waals surface area contributed by atoms with Crippen LogP contribution in [0.3, 0.4) is 0 Å². The molecule has 0 saturated heterocycles. The van der Waals surface area contributed by atoms with Gasteiger partial charge in [0.2, 0.25) is 5.95 Å². The van der Waals surface area contributed by atoms with Crippen LogP contribution in [0.25, 0.3) is 5.57 Å². The maximum atomic E-state index is 4.48. The van der Waals surface area contributed by atoms with Crippen LogP contribution in [0.2, 0.25) is 0 Å². The van der Waals surface area contributed by atoms with Gasteiger partial charge in [-0.3, -0.25) is 0 Å². The van der Waals surface area contributed by atoms with E-state index in [0.29, 0.717) is 12.0 Å². The number of aromatic nitrogens is 3. The average molecular weight is 294 g/mol. The van der Waals surface area contributed by atoms with Crippen LogP contribution < -0.4 is 5.32 Å². The molecule has 22 heavy (non-hydrogen) atoms. The maximum absolute atomic E-state index is 4.48. The first-order valence-corrected chi connectivity index (χ1v) is 7.89. The molecule has 2 aromatic rings. The number of benzene rings is 1. The molecule has 1 aliphatic rings. The maximum Gasteiger partial charge on any atom is 0.243 e. The Morgan fingerprint density at radius 3 is 2.73 bits per heavy atom. The average Bonchev–Trinajstić information content (AvgIpc) is 2.93. The van der Waals surface area contributed by atoms with Gasteiger partial charge < -0.3 is 5.32 Å². The number of allylic oxidation sites excluding steroid dienone is 1. The second-order valence-electron chi connectivity index (χ2n) is 5.85. The Hall–Kier alpha value is -2.23. The highest BCUT2D eigenvalue weighted by atomic mass is 15.2. The molecule has 3 rings (SSSR count). The molecule has 1 heterocycles. The van der Waals surface area contributed by atoms with Gasteiger partial charge in [-0.25, -0.2) is 4.98 Å². The van der Waals surface area contributed by atoms with Crippen molar-refractivity contribution in [3.05, 3.63) is 52.9 Å². The summed E-state index contributed by atoms with van der Waals surface area (Å²) >= 11 is 0. The number of aryl methyl sites for hydroxylation is 2. The van der Waals surface area contributed by atoms with E-state index in [2.05, 4.69) is 57.8 Å². The Morgan fingerprint density at radius 2 is 1.95 bits per heavy atom. The molecule has 0 spiro atoms. The summed E-state index contributed by atoms with van der Waals surface area (Å²) in [5.74, 6) is 0.627. The van der Waals surface area contributed by atoms with Crippen molar-refractivity contribution in [3.8, 4) is 0 Å². The number of anilines is 1. The van der Waals surface area contributed by atoms with Crippen LogP contribution in [0.5, 0.6) is 0 Å². The third-order valence-electron chi connectivity index (χ3n) is 4.32. The summed E-state index contributed by atoms with van der Waals surface area (Å²) in [5.41, 5.74) is 6.05. The smallest absolute Gasteiger partial charge is 0.243 e. The van der Waals surface area contributed by atoms with E-state index in [0.717, 1.165) is 30.7 Å². The largest absolute Gasteiger partial charge is 0.350 e. The van der Waals surface area contributed by atoms with Crippen LogP contribution in [0.4, 0.5) is 5.95 Å². The SMILES string of the molecule is CC[C@H](CC1=CCc2ccccc21)Nc1nnc(C)c(C)n1. The topological polar surface area (TPSA) is 50.7 Å². The van der Waals surface area contributed by atoms with Crippen molar-refractivity contribution in [1.29, 1.82) is 0 Å². The highest BCUT2D eigenvalue weighted by Crippen LogP contribution is 2.31. The van der Waals surface area contributed by atoms with E-state index < -0.39 is 0 Å². The van der Waals surface area contributed by atoms with Crippen LogP contribution in [-0.2, 0) is 6.42 Å². The molecule has 0 radical (unpaired) electrons. The summed E-state index contributed by atoms with van der Waals surface area (Å²) in [4.78, 5) is 4.48. The van der Waals surface area contributed by atoms with Crippen molar-refractivity contribution in [2.75, 3.05) is 5.32 Å².